The maximum Gasteiger partial charge on any atom is 0.273 e. The molecule has 28 heavy (non-hydrogen) atoms. The van der Waals surface area contributed by atoms with E-state index >= 15 is 0 Å². The van der Waals surface area contributed by atoms with Crippen LogP contribution in [0, 0.1) is 0 Å². The van der Waals surface area contributed by atoms with Gasteiger partial charge in [0.1, 0.15) is 12.2 Å². The smallest absolute Gasteiger partial charge is 0.273 e. The number of carbonyl (C=O) groups is 1. The minimum Gasteiger partial charge on any atom is -0.328 e. The zero-order valence-electron chi connectivity index (χ0n) is 15.9. The van der Waals surface area contributed by atoms with Gasteiger partial charge < -0.3 is 9.80 Å². The molecular weight excluding hydrogens is 368 g/mol. The quantitative estimate of drug-likeness (QED) is 0.723. The summed E-state index contributed by atoms with van der Waals surface area (Å²) in [4.78, 5) is 18.3. The fourth-order valence-electron chi connectivity index (χ4n) is 3.92. The highest BCUT2D eigenvalue weighted by Crippen LogP contribution is 2.39. The first-order valence-electron chi connectivity index (χ1n) is 10.1. The SMILES string of the molecule is O=C(c1cc(C2CC2)nn1-c1ccccc1)N1CC[NH+](Cc2cccs2)CC1. The van der Waals surface area contributed by atoms with Gasteiger partial charge in [0.15, 0.2) is 0 Å². The van der Waals surface area contributed by atoms with Gasteiger partial charge in [0.05, 0.1) is 42.4 Å². The van der Waals surface area contributed by atoms with Gasteiger partial charge in [-0.3, -0.25) is 4.79 Å². The maximum atomic E-state index is 13.3. The van der Waals surface area contributed by atoms with Crippen LogP contribution in [-0.4, -0.2) is 46.8 Å². The second kappa shape index (κ2) is 7.53. The molecule has 0 spiro atoms. The van der Waals surface area contributed by atoms with Crippen molar-refractivity contribution in [3.63, 3.8) is 0 Å². The number of quaternary nitrogens is 1. The molecule has 1 saturated heterocycles. The number of nitrogens with zero attached hydrogens (tertiary/aromatic N) is 3. The van der Waals surface area contributed by atoms with Gasteiger partial charge in [0, 0.05) is 5.92 Å². The average Bonchev–Trinajstić information content (AvgIpc) is 3.28. The highest BCUT2D eigenvalue weighted by atomic mass is 32.1. The summed E-state index contributed by atoms with van der Waals surface area (Å²) in [7, 11) is 0. The molecule has 0 bridgehead atoms. The topological polar surface area (TPSA) is 42.6 Å². The second-order valence-corrected chi connectivity index (χ2v) is 8.81. The molecule has 1 amide bonds. The third-order valence-electron chi connectivity index (χ3n) is 5.71. The van der Waals surface area contributed by atoms with Crippen LogP contribution in [0.25, 0.3) is 5.69 Å². The third kappa shape index (κ3) is 3.62. The molecule has 1 saturated carbocycles. The number of para-hydroxylation sites is 1. The van der Waals surface area contributed by atoms with Crippen LogP contribution in [0.3, 0.4) is 0 Å². The van der Waals surface area contributed by atoms with Crippen LogP contribution < -0.4 is 4.90 Å². The number of nitrogens with one attached hydrogen (secondary N) is 1. The number of aromatic nitrogens is 2. The Morgan fingerprint density at radius 3 is 2.57 bits per heavy atom. The first kappa shape index (κ1) is 17.6. The Labute approximate surface area is 169 Å². The van der Waals surface area contributed by atoms with Crippen LogP contribution in [-0.2, 0) is 6.54 Å². The molecule has 0 unspecified atom stereocenters. The lowest BCUT2D eigenvalue weighted by molar-refractivity contribution is -0.917. The summed E-state index contributed by atoms with van der Waals surface area (Å²) >= 11 is 1.82. The Balaban J connectivity index is 1.33. The molecule has 0 radical (unpaired) electrons. The summed E-state index contributed by atoms with van der Waals surface area (Å²) in [6, 6.07) is 16.4. The number of carbonyl (C=O) groups excluding carboxylic acids is 1. The van der Waals surface area contributed by atoms with Crippen molar-refractivity contribution in [2.45, 2.75) is 25.3 Å². The lowest BCUT2D eigenvalue weighted by Gasteiger charge is -2.32. The molecule has 1 N–H and O–H groups in total. The molecule has 3 heterocycles. The fourth-order valence-corrected chi connectivity index (χ4v) is 4.70. The molecule has 2 fully saturated rings. The molecule has 2 aliphatic rings. The third-order valence-corrected chi connectivity index (χ3v) is 6.58. The predicted octanol–water partition coefficient (Wildman–Crippen LogP) is 2.35. The van der Waals surface area contributed by atoms with E-state index in [2.05, 4.69) is 17.5 Å². The van der Waals surface area contributed by atoms with E-state index < -0.39 is 0 Å². The molecule has 5 nitrogen and oxygen atoms in total. The molecule has 5 rings (SSSR count). The van der Waals surface area contributed by atoms with Crippen LogP contribution >= 0.6 is 11.3 Å². The van der Waals surface area contributed by atoms with Gasteiger partial charge >= 0.3 is 0 Å². The molecule has 1 aliphatic heterocycles. The Morgan fingerprint density at radius 2 is 1.89 bits per heavy atom. The predicted molar refractivity (Wildman–Crippen MR) is 110 cm³/mol. The number of hydrogen-bond donors (Lipinski definition) is 1. The molecule has 1 aromatic carbocycles. The standard InChI is InChI=1S/C22H24N4OS/c27-22(25-12-10-24(11-13-25)16-19-7-4-14-28-19)21-15-20(17-8-9-17)23-26(21)18-5-2-1-3-6-18/h1-7,14-15,17H,8-13,16H2/p+1. The normalized spacial score (nSPS) is 17.8. The first-order valence-corrected chi connectivity index (χ1v) is 11.0. The Kier molecular flexibility index (Phi) is 4.74. The van der Waals surface area contributed by atoms with Gasteiger partial charge in [-0.25, -0.2) is 4.68 Å². The summed E-state index contributed by atoms with van der Waals surface area (Å²) in [6.45, 7) is 4.67. The van der Waals surface area contributed by atoms with E-state index in [4.69, 9.17) is 5.10 Å². The number of hydrogen-bond acceptors (Lipinski definition) is 3. The monoisotopic (exact) mass is 393 g/mol. The Bertz CT molecular complexity index is 938. The zero-order chi connectivity index (χ0) is 18.9. The molecule has 3 aromatic rings. The van der Waals surface area contributed by atoms with E-state index in [1.165, 1.54) is 17.7 Å². The minimum atomic E-state index is 0.110. The van der Waals surface area contributed by atoms with Crippen molar-refractivity contribution in [2.75, 3.05) is 26.2 Å². The summed E-state index contributed by atoms with van der Waals surface area (Å²) in [6.07, 6.45) is 2.37. The van der Waals surface area contributed by atoms with Gasteiger partial charge in [0.2, 0.25) is 0 Å². The molecule has 144 valence electrons. The van der Waals surface area contributed by atoms with E-state index in [1.54, 1.807) is 4.90 Å². The summed E-state index contributed by atoms with van der Waals surface area (Å²) < 4.78 is 1.85. The minimum absolute atomic E-state index is 0.110. The summed E-state index contributed by atoms with van der Waals surface area (Å²) in [5.41, 5.74) is 2.73. The second-order valence-electron chi connectivity index (χ2n) is 7.77. The lowest BCUT2D eigenvalue weighted by Crippen LogP contribution is -3.13. The van der Waals surface area contributed by atoms with Gasteiger partial charge in [-0.2, -0.15) is 5.10 Å². The van der Waals surface area contributed by atoms with Crippen molar-refractivity contribution in [3.8, 4) is 5.69 Å². The number of benzene rings is 1. The number of thiophene rings is 1. The fraction of sp³-hybridized carbons (Fsp3) is 0.364. The van der Waals surface area contributed by atoms with Crippen molar-refractivity contribution in [1.29, 1.82) is 0 Å². The summed E-state index contributed by atoms with van der Waals surface area (Å²) in [5, 5.41) is 6.92. The first-order chi connectivity index (χ1) is 13.8. The molecule has 0 atom stereocenters. The van der Waals surface area contributed by atoms with Crippen molar-refractivity contribution in [2.24, 2.45) is 0 Å². The van der Waals surface area contributed by atoms with Gasteiger partial charge in [-0.15, -0.1) is 11.3 Å². The van der Waals surface area contributed by atoms with Crippen LogP contribution in [0.15, 0.2) is 53.9 Å². The molecular formula is C22H25N4OS+. The number of piperazine rings is 1. The van der Waals surface area contributed by atoms with Crippen molar-refractivity contribution < 1.29 is 9.69 Å². The van der Waals surface area contributed by atoms with Crippen LogP contribution in [0.4, 0.5) is 0 Å². The van der Waals surface area contributed by atoms with E-state index in [0.717, 1.165) is 44.1 Å². The lowest BCUT2D eigenvalue weighted by atomic mass is 10.2. The van der Waals surface area contributed by atoms with E-state index in [0.29, 0.717) is 11.6 Å². The maximum absolute atomic E-state index is 13.3. The molecule has 2 aromatic heterocycles. The number of rotatable bonds is 5. The van der Waals surface area contributed by atoms with Crippen molar-refractivity contribution in [1.82, 2.24) is 14.7 Å². The largest absolute Gasteiger partial charge is 0.328 e. The molecule has 6 heteroatoms. The van der Waals surface area contributed by atoms with Crippen LogP contribution in [0.2, 0.25) is 0 Å². The van der Waals surface area contributed by atoms with Gasteiger partial charge in [-0.05, 0) is 42.5 Å². The zero-order valence-corrected chi connectivity index (χ0v) is 16.7. The highest BCUT2D eigenvalue weighted by molar-refractivity contribution is 7.09. The highest BCUT2D eigenvalue weighted by Gasteiger charge is 2.32. The van der Waals surface area contributed by atoms with E-state index in [-0.39, 0.29) is 5.91 Å². The van der Waals surface area contributed by atoms with E-state index in [1.807, 2.05) is 57.3 Å². The summed E-state index contributed by atoms with van der Waals surface area (Å²) in [5.74, 6) is 0.641. The number of amides is 1. The Hall–Kier alpha value is -2.44. The van der Waals surface area contributed by atoms with Gasteiger partial charge in [0.25, 0.3) is 5.91 Å². The van der Waals surface area contributed by atoms with Gasteiger partial charge in [-0.1, -0.05) is 24.3 Å². The Morgan fingerprint density at radius 1 is 1.11 bits per heavy atom. The average molecular weight is 394 g/mol. The van der Waals surface area contributed by atoms with Crippen molar-refractivity contribution in [3.05, 3.63) is 70.2 Å². The van der Waals surface area contributed by atoms with E-state index in [9.17, 15) is 4.79 Å². The van der Waals surface area contributed by atoms with Crippen LogP contribution in [0.5, 0.6) is 0 Å². The molecule has 1 aliphatic carbocycles. The van der Waals surface area contributed by atoms with Crippen LogP contribution in [0.1, 0.15) is 39.8 Å². The van der Waals surface area contributed by atoms with Crippen molar-refractivity contribution >= 4 is 17.2 Å².